The van der Waals surface area contributed by atoms with Crippen molar-refractivity contribution in [2.24, 2.45) is 0 Å². The molecule has 25 heavy (non-hydrogen) atoms. The van der Waals surface area contributed by atoms with Crippen LogP contribution in [0.3, 0.4) is 0 Å². The van der Waals surface area contributed by atoms with Gasteiger partial charge in [-0.1, -0.05) is 0 Å². The van der Waals surface area contributed by atoms with Crippen LogP contribution in [0, 0.1) is 0 Å². The van der Waals surface area contributed by atoms with Gasteiger partial charge in [0.25, 0.3) is 0 Å². The van der Waals surface area contributed by atoms with E-state index in [1.807, 2.05) is 51.8 Å². The van der Waals surface area contributed by atoms with Crippen molar-refractivity contribution < 1.29 is 46.3 Å². The van der Waals surface area contributed by atoms with Gasteiger partial charge in [-0.25, -0.2) is 0 Å². The molecule has 0 bridgehead atoms. The Morgan fingerprint density at radius 3 is 0.760 bits per heavy atom. The maximum absolute atomic E-state index is 8.52. The predicted molar refractivity (Wildman–Crippen MR) is 104 cm³/mol. The second-order valence-electron chi connectivity index (χ2n) is 8.33. The van der Waals surface area contributed by atoms with Crippen molar-refractivity contribution in [2.45, 2.75) is 78.7 Å². The van der Waals surface area contributed by atoms with E-state index in [1.165, 1.54) is 0 Å². The van der Waals surface area contributed by atoms with Crippen molar-refractivity contribution in [2.75, 3.05) is 41.4 Å². The minimum atomic E-state index is -0.500. The van der Waals surface area contributed by atoms with E-state index in [1.54, 1.807) is 41.5 Å². The summed E-state index contributed by atoms with van der Waals surface area (Å²) in [5.41, 5.74) is -1.00. The topological polar surface area (TPSA) is 87.4 Å². The molecule has 0 aromatic rings. The molecule has 4 N–H and O–H groups in total. The molecule has 0 aliphatic heterocycles. The van der Waals surface area contributed by atoms with Gasteiger partial charge < -0.3 is 30.2 Å². The van der Waals surface area contributed by atoms with Gasteiger partial charge in [0.1, 0.15) is 0 Å². The first-order chi connectivity index (χ1) is 10.4. The molecule has 0 aliphatic rings. The van der Waals surface area contributed by atoms with Gasteiger partial charge >= 0.3 is 0 Å². The van der Waals surface area contributed by atoms with Crippen molar-refractivity contribution >= 4 is 0 Å². The van der Waals surface area contributed by atoms with Crippen molar-refractivity contribution in [3.8, 4) is 0 Å². The minimum Gasteiger partial charge on any atom is -0.395 e. The number of hydrogen-bond donors (Lipinski definition) is 4. The standard InChI is InChI=1S/2C5H13NO.2C4H10O.Hf/c2*1-5(4-7)6(2)3;2*1-4(2,3)5;/h2*5,7H,4H2,1-3H3;2*5H,1-3H3;. The summed E-state index contributed by atoms with van der Waals surface area (Å²) < 4.78 is 0. The van der Waals surface area contributed by atoms with Crippen LogP contribution in [-0.4, -0.2) is 94.9 Å². The van der Waals surface area contributed by atoms with Crippen LogP contribution < -0.4 is 0 Å². The molecule has 2 atom stereocenters. The molecule has 0 fully saturated rings. The SMILES string of the molecule is CC(C)(C)O.CC(C)(C)O.CC(CO)N(C)C.CC(CO)N(C)C.[Hf]. The Bertz CT molecular complexity index is 214. The molecular formula is C18H46HfN2O4. The van der Waals surface area contributed by atoms with Crippen LogP contribution in [0.4, 0.5) is 0 Å². The summed E-state index contributed by atoms with van der Waals surface area (Å²) in [6.45, 7) is 14.9. The summed E-state index contributed by atoms with van der Waals surface area (Å²) in [5.74, 6) is 0. The molecule has 0 aromatic heterocycles. The molecule has 6 nitrogen and oxygen atoms in total. The second-order valence-corrected chi connectivity index (χ2v) is 8.33. The Kier molecular flexibility index (Phi) is 28.3. The summed E-state index contributed by atoms with van der Waals surface area (Å²) in [5, 5.41) is 34.0. The zero-order chi connectivity index (χ0) is 20.7. The van der Waals surface area contributed by atoms with Crippen LogP contribution in [0.15, 0.2) is 0 Å². The van der Waals surface area contributed by atoms with Gasteiger partial charge in [-0.3, -0.25) is 0 Å². The van der Waals surface area contributed by atoms with E-state index in [-0.39, 0.29) is 39.1 Å². The van der Waals surface area contributed by atoms with Gasteiger partial charge in [0.05, 0.1) is 24.4 Å². The number of nitrogens with zero attached hydrogens (tertiary/aromatic N) is 2. The average molecular weight is 533 g/mol. The fourth-order valence-corrected chi connectivity index (χ4v) is 0.327. The summed E-state index contributed by atoms with van der Waals surface area (Å²) in [6, 6.07) is 0.583. The fourth-order valence-electron chi connectivity index (χ4n) is 0.327. The minimum absolute atomic E-state index is 0. The normalized spacial score (nSPS) is 13.2. The third-order valence-electron chi connectivity index (χ3n) is 2.29. The fraction of sp³-hybridized carbons (Fsp3) is 1.00. The van der Waals surface area contributed by atoms with Gasteiger partial charge in [-0.05, 0) is 83.6 Å². The molecule has 0 spiro atoms. The first-order valence-electron chi connectivity index (χ1n) is 8.36. The smallest absolute Gasteiger partial charge is 0.0583 e. The van der Waals surface area contributed by atoms with E-state index in [9.17, 15) is 0 Å². The van der Waals surface area contributed by atoms with Crippen LogP contribution in [0.1, 0.15) is 55.4 Å². The van der Waals surface area contributed by atoms with Gasteiger partial charge in [-0.15, -0.1) is 0 Å². The van der Waals surface area contributed by atoms with Gasteiger partial charge in [0.15, 0.2) is 0 Å². The Labute approximate surface area is 176 Å². The molecule has 156 valence electrons. The molecule has 2 unspecified atom stereocenters. The molecule has 7 heteroatoms. The van der Waals surface area contributed by atoms with Crippen LogP contribution in [0.5, 0.6) is 0 Å². The third-order valence-corrected chi connectivity index (χ3v) is 2.29. The molecule has 0 rings (SSSR count). The predicted octanol–water partition coefficient (Wildman–Crippen LogP) is 1.41. The first kappa shape index (κ1) is 36.5. The molecule has 0 saturated carbocycles. The number of aliphatic hydroxyl groups is 4. The third kappa shape index (κ3) is 79.1. The Morgan fingerprint density at radius 2 is 0.760 bits per heavy atom. The van der Waals surface area contributed by atoms with Gasteiger partial charge in [-0.2, -0.15) is 0 Å². The van der Waals surface area contributed by atoms with Gasteiger partial charge in [0.2, 0.25) is 0 Å². The van der Waals surface area contributed by atoms with Crippen molar-refractivity contribution in [3.05, 3.63) is 0 Å². The zero-order valence-corrected chi connectivity index (χ0v) is 22.3. The van der Waals surface area contributed by atoms with E-state index >= 15 is 0 Å². The maximum Gasteiger partial charge on any atom is 0.0583 e. The largest absolute Gasteiger partial charge is 0.395 e. The van der Waals surface area contributed by atoms with Crippen LogP contribution in [0.2, 0.25) is 0 Å². The number of likely N-dealkylation sites (N-methyl/N-ethyl adjacent to an activating group) is 2. The summed E-state index contributed by atoms with van der Waals surface area (Å²) in [4.78, 5) is 3.94. The van der Waals surface area contributed by atoms with Crippen LogP contribution in [-0.2, 0) is 25.8 Å². The molecule has 0 saturated heterocycles. The molecule has 0 aromatic carbocycles. The average Bonchev–Trinajstić information content (AvgIpc) is 2.33. The molecular weight excluding hydrogens is 487 g/mol. The van der Waals surface area contributed by atoms with Crippen molar-refractivity contribution in [1.29, 1.82) is 0 Å². The monoisotopic (exact) mass is 534 g/mol. The number of aliphatic hydroxyl groups excluding tert-OH is 2. The molecule has 0 amide bonds. The first-order valence-corrected chi connectivity index (χ1v) is 8.36. The van der Waals surface area contributed by atoms with Gasteiger partial charge in [0, 0.05) is 37.9 Å². The quantitative estimate of drug-likeness (QED) is 0.410. The summed E-state index contributed by atoms with van der Waals surface area (Å²) in [6.07, 6.45) is 0. The van der Waals surface area contributed by atoms with E-state index in [2.05, 4.69) is 0 Å². The van der Waals surface area contributed by atoms with Crippen LogP contribution in [0.25, 0.3) is 0 Å². The molecule has 0 aliphatic carbocycles. The Hall–Kier alpha value is 0.630. The maximum atomic E-state index is 8.52. The van der Waals surface area contributed by atoms with Crippen molar-refractivity contribution in [1.82, 2.24) is 9.80 Å². The van der Waals surface area contributed by atoms with Crippen molar-refractivity contribution in [3.63, 3.8) is 0 Å². The molecule has 0 radical (unpaired) electrons. The number of rotatable bonds is 4. The van der Waals surface area contributed by atoms with Crippen LogP contribution >= 0.6 is 0 Å². The van der Waals surface area contributed by atoms with E-state index in [4.69, 9.17) is 20.4 Å². The Balaban J connectivity index is -0.0000000711. The van der Waals surface area contributed by atoms with E-state index in [0.717, 1.165) is 0 Å². The Morgan fingerprint density at radius 1 is 0.640 bits per heavy atom. The van der Waals surface area contributed by atoms with E-state index < -0.39 is 11.2 Å². The molecule has 0 heterocycles. The second kappa shape index (κ2) is 19.4. The summed E-state index contributed by atoms with van der Waals surface area (Å²) >= 11 is 0. The zero-order valence-electron chi connectivity index (χ0n) is 18.8. The summed E-state index contributed by atoms with van der Waals surface area (Å²) in [7, 11) is 7.78. The van der Waals surface area contributed by atoms with E-state index in [0.29, 0.717) is 12.1 Å². The number of hydrogen-bond acceptors (Lipinski definition) is 6.